The zero-order chi connectivity index (χ0) is 23.9. The van der Waals surface area contributed by atoms with Gasteiger partial charge in [-0.2, -0.15) is 0 Å². The van der Waals surface area contributed by atoms with Crippen molar-refractivity contribution in [1.82, 2.24) is 15.2 Å². The van der Waals surface area contributed by atoms with Crippen LogP contribution in [0.3, 0.4) is 0 Å². The maximum Gasteiger partial charge on any atom is 0.270 e. The van der Waals surface area contributed by atoms with Gasteiger partial charge in [0.2, 0.25) is 0 Å². The topological polar surface area (TPSA) is 97.6 Å². The summed E-state index contributed by atoms with van der Waals surface area (Å²) in [7, 11) is 0. The molecule has 0 spiro atoms. The van der Waals surface area contributed by atoms with Gasteiger partial charge in [-0.1, -0.05) is 25.1 Å². The Balaban J connectivity index is 1.63. The van der Waals surface area contributed by atoms with Crippen molar-refractivity contribution >= 4 is 22.9 Å². The van der Waals surface area contributed by atoms with Gasteiger partial charge in [0.1, 0.15) is 0 Å². The number of non-ortho nitro benzene ring substituents is 1. The average Bonchev–Trinajstić information content (AvgIpc) is 3.41. The average molecular weight is 481 g/mol. The van der Waals surface area contributed by atoms with Crippen LogP contribution < -0.4 is 5.32 Å². The second-order valence-electron chi connectivity index (χ2n) is 8.08. The van der Waals surface area contributed by atoms with E-state index in [9.17, 15) is 14.9 Å². The lowest BCUT2D eigenvalue weighted by atomic mass is 9.95. The molecule has 1 fully saturated rings. The largest absolute Gasteiger partial charge is 0.379 e. The van der Waals surface area contributed by atoms with Gasteiger partial charge in [-0.3, -0.25) is 24.8 Å². The van der Waals surface area contributed by atoms with Crippen molar-refractivity contribution in [2.24, 2.45) is 0 Å². The van der Waals surface area contributed by atoms with E-state index in [4.69, 9.17) is 9.72 Å². The Morgan fingerprint density at radius 3 is 2.76 bits per heavy atom. The van der Waals surface area contributed by atoms with Gasteiger partial charge in [0.05, 0.1) is 40.0 Å². The number of ether oxygens (including phenoxy) is 1. The molecule has 0 unspecified atom stereocenters. The van der Waals surface area contributed by atoms with Gasteiger partial charge in [-0.05, 0) is 48.0 Å². The van der Waals surface area contributed by atoms with E-state index >= 15 is 0 Å². The third-order valence-corrected chi connectivity index (χ3v) is 6.73. The first-order chi connectivity index (χ1) is 16.6. The molecule has 3 aromatic rings. The highest BCUT2D eigenvalue weighted by molar-refractivity contribution is 7.13. The highest BCUT2D eigenvalue weighted by Crippen LogP contribution is 2.33. The monoisotopic (exact) mass is 480 g/mol. The van der Waals surface area contributed by atoms with Crippen LogP contribution in [0.5, 0.6) is 0 Å². The molecule has 1 aliphatic heterocycles. The normalized spacial score (nSPS) is 14.1. The molecule has 1 aliphatic rings. The van der Waals surface area contributed by atoms with Crippen molar-refractivity contribution in [3.8, 4) is 21.7 Å². The first-order valence-electron chi connectivity index (χ1n) is 11.5. The lowest BCUT2D eigenvalue weighted by molar-refractivity contribution is -0.384. The summed E-state index contributed by atoms with van der Waals surface area (Å²) >= 11 is 1.57. The Morgan fingerprint density at radius 1 is 1.24 bits per heavy atom. The number of aryl methyl sites for hydroxylation is 1. The van der Waals surface area contributed by atoms with Gasteiger partial charge >= 0.3 is 0 Å². The van der Waals surface area contributed by atoms with Crippen molar-refractivity contribution in [2.45, 2.75) is 19.8 Å². The maximum atomic E-state index is 13.4. The van der Waals surface area contributed by atoms with E-state index in [1.54, 1.807) is 23.5 Å². The second-order valence-corrected chi connectivity index (χ2v) is 9.03. The lowest BCUT2D eigenvalue weighted by Gasteiger charge is -2.26. The van der Waals surface area contributed by atoms with E-state index in [0.717, 1.165) is 49.8 Å². The fourth-order valence-corrected chi connectivity index (χ4v) is 4.78. The Kier molecular flexibility index (Phi) is 7.99. The van der Waals surface area contributed by atoms with Crippen molar-refractivity contribution in [3.05, 3.63) is 69.2 Å². The molecule has 1 aromatic carbocycles. The number of hydrogen-bond donors (Lipinski definition) is 1. The summed E-state index contributed by atoms with van der Waals surface area (Å²) in [6.07, 6.45) is 1.40. The van der Waals surface area contributed by atoms with Crippen LogP contribution in [0, 0.1) is 10.1 Å². The van der Waals surface area contributed by atoms with Gasteiger partial charge < -0.3 is 10.1 Å². The van der Waals surface area contributed by atoms with Crippen LogP contribution in [0.2, 0.25) is 0 Å². The quantitative estimate of drug-likeness (QED) is 0.277. The third-order valence-electron chi connectivity index (χ3n) is 5.84. The number of hydrogen-bond acceptors (Lipinski definition) is 7. The molecule has 34 heavy (non-hydrogen) atoms. The Bertz CT molecular complexity index is 1140. The number of nitrogens with one attached hydrogen (secondary N) is 1. The summed E-state index contributed by atoms with van der Waals surface area (Å²) in [6.45, 7) is 6.74. The molecule has 8 nitrogen and oxygen atoms in total. The molecular formula is C25H28N4O4S. The SMILES string of the molecule is CCc1nc(-c2cccs2)cc(-c2cccc([N+](=O)[O-])c2)c1C(=O)NCCCN1CCOCC1. The van der Waals surface area contributed by atoms with Crippen LogP contribution in [-0.4, -0.2) is 60.1 Å². The number of thiophene rings is 1. The molecule has 1 N–H and O–H groups in total. The predicted molar refractivity (Wildman–Crippen MR) is 133 cm³/mol. The third kappa shape index (κ3) is 5.67. The van der Waals surface area contributed by atoms with Crippen molar-refractivity contribution in [2.75, 3.05) is 39.4 Å². The molecule has 0 radical (unpaired) electrons. The lowest BCUT2D eigenvalue weighted by Crippen LogP contribution is -2.38. The molecule has 4 rings (SSSR count). The van der Waals surface area contributed by atoms with Gasteiger partial charge in [0.15, 0.2) is 0 Å². The molecule has 0 atom stereocenters. The first kappa shape index (κ1) is 24.0. The first-order valence-corrected chi connectivity index (χ1v) is 12.4. The van der Waals surface area contributed by atoms with E-state index in [0.29, 0.717) is 35.3 Å². The fourth-order valence-electron chi connectivity index (χ4n) is 4.09. The minimum absolute atomic E-state index is 0.0121. The van der Waals surface area contributed by atoms with Crippen LogP contribution in [0.25, 0.3) is 21.7 Å². The van der Waals surface area contributed by atoms with Crippen molar-refractivity contribution in [1.29, 1.82) is 0 Å². The minimum atomic E-state index is -0.420. The molecule has 0 bridgehead atoms. The van der Waals surface area contributed by atoms with E-state index in [1.807, 2.05) is 30.5 Å². The van der Waals surface area contributed by atoms with Crippen LogP contribution >= 0.6 is 11.3 Å². The molecular weight excluding hydrogens is 452 g/mol. The molecule has 1 saturated heterocycles. The zero-order valence-corrected chi connectivity index (χ0v) is 20.0. The number of pyridine rings is 1. The summed E-state index contributed by atoms with van der Waals surface area (Å²) in [5.41, 5.74) is 3.19. The number of carbonyl (C=O) groups is 1. The Morgan fingerprint density at radius 2 is 2.06 bits per heavy atom. The minimum Gasteiger partial charge on any atom is -0.379 e. The van der Waals surface area contributed by atoms with E-state index in [2.05, 4.69) is 10.2 Å². The number of carbonyl (C=O) groups excluding carboxylic acids is 1. The predicted octanol–water partition coefficient (Wildman–Crippen LogP) is 4.40. The van der Waals surface area contributed by atoms with Crippen LogP contribution in [0.15, 0.2) is 47.8 Å². The number of nitro benzene ring substituents is 1. The number of amides is 1. The summed E-state index contributed by atoms with van der Waals surface area (Å²) in [6, 6.07) is 12.2. The van der Waals surface area contributed by atoms with Crippen molar-refractivity contribution < 1.29 is 14.5 Å². The molecule has 2 aromatic heterocycles. The molecule has 9 heteroatoms. The molecule has 0 aliphatic carbocycles. The van der Waals surface area contributed by atoms with Gasteiger partial charge in [0.25, 0.3) is 11.6 Å². The second kappa shape index (κ2) is 11.3. The van der Waals surface area contributed by atoms with Gasteiger partial charge in [-0.15, -0.1) is 11.3 Å². The summed E-state index contributed by atoms with van der Waals surface area (Å²) in [5.74, 6) is -0.203. The standard InChI is InChI=1S/C25H28N4O4S/c1-2-21-24(25(30)26-9-5-10-28-11-13-33-14-12-28)20(17-22(27-21)23-8-4-15-34-23)18-6-3-7-19(16-18)29(31)32/h3-4,6-8,15-17H,2,5,9-14H2,1H3,(H,26,30). The number of aromatic nitrogens is 1. The van der Waals surface area contributed by atoms with Crippen LogP contribution in [-0.2, 0) is 11.2 Å². The number of nitrogens with zero attached hydrogens (tertiary/aromatic N) is 3. The highest BCUT2D eigenvalue weighted by atomic mass is 32.1. The van der Waals surface area contributed by atoms with Crippen molar-refractivity contribution in [3.63, 3.8) is 0 Å². The Labute approximate surface area is 202 Å². The molecule has 0 saturated carbocycles. The van der Waals surface area contributed by atoms with E-state index in [-0.39, 0.29) is 11.6 Å². The summed E-state index contributed by atoms with van der Waals surface area (Å²) < 4.78 is 5.38. The Hall–Kier alpha value is -3.14. The number of benzene rings is 1. The smallest absolute Gasteiger partial charge is 0.270 e. The van der Waals surface area contributed by atoms with E-state index < -0.39 is 4.92 Å². The van der Waals surface area contributed by atoms with Gasteiger partial charge in [-0.25, -0.2) is 0 Å². The summed E-state index contributed by atoms with van der Waals surface area (Å²) in [4.78, 5) is 32.5. The van der Waals surface area contributed by atoms with E-state index in [1.165, 1.54) is 12.1 Å². The summed E-state index contributed by atoms with van der Waals surface area (Å²) in [5, 5.41) is 16.4. The van der Waals surface area contributed by atoms with Crippen LogP contribution in [0.4, 0.5) is 5.69 Å². The molecule has 178 valence electrons. The number of nitro groups is 1. The number of rotatable bonds is 9. The van der Waals surface area contributed by atoms with Gasteiger partial charge in [0, 0.05) is 31.8 Å². The zero-order valence-electron chi connectivity index (χ0n) is 19.2. The fraction of sp³-hybridized carbons (Fsp3) is 0.360. The molecule has 3 heterocycles. The maximum absolute atomic E-state index is 13.4. The van der Waals surface area contributed by atoms with Crippen LogP contribution in [0.1, 0.15) is 29.4 Å². The highest BCUT2D eigenvalue weighted by Gasteiger charge is 2.22. The number of morpholine rings is 1. The molecule has 1 amide bonds.